The quantitative estimate of drug-likeness (QED) is 0.294. The Morgan fingerprint density at radius 3 is 3.00 bits per heavy atom. The van der Waals surface area contributed by atoms with Gasteiger partial charge in [0.25, 0.3) is 0 Å². The minimum absolute atomic E-state index is 0.0389. The van der Waals surface area contributed by atoms with E-state index >= 15 is 0 Å². The van der Waals surface area contributed by atoms with Crippen molar-refractivity contribution in [3.63, 3.8) is 0 Å². The van der Waals surface area contributed by atoms with Crippen LogP contribution in [-0.2, 0) is 14.2 Å². The summed E-state index contributed by atoms with van der Waals surface area (Å²) in [6.45, 7) is 0.761. The highest BCUT2D eigenvalue weighted by molar-refractivity contribution is 8.76. The fourth-order valence-electron chi connectivity index (χ4n) is 1.56. The van der Waals surface area contributed by atoms with Gasteiger partial charge in [0.1, 0.15) is 19.9 Å². The highest BCUT2D eigenvalue weighted by Gasteiger charge is 2.32. The molecule has 0 spiro atoms. The molecular formula is C10H19BO4S2. The van der Waals surface area contributed by atoms with E-state index in [-0.39, 0.29) is 24.8 Å². The van der Waals surface area contributed by atoms with Crippen molar-refractivity contribution in [2.45, 2.75) is 31.1 Å². The Hall–Kier alpha value is 0.605. The largest absolute Gasteiger partial charge is 0.396 e. The Morgan fingerprint density at radius 2 is 2.29 bits per heavy atom. The zero-order valence-electron chi connectivity index (χ0n) is 10.0. The summed E-state index contributed by atoms with van der Waals surface area (Å²) in [7, 11) is 10.7. The Bertz CT molecular complexity index is 199. The lowest BCUT2D eigenvalue weighted by molar-refractivity contribution is -0.0339. The molecule has 1 aliphatic rings. The second-order valence-corrected chi connectivity index (χ2v) is 6.26. The molecule has 1 fully saturated rings. The SMILES string of the molecule is [B][C@H]1C[C@@H](OC)[C@@H](COCSSCCCO)O1. The average Bonchev–Trinajstić information content (AvgIpc) is 2.68. The molecule has 0 aromatic carbocycles. The molecule has 0 aromatic heterocycles. The van der Waals surface area contributed by atoms with Crippen molar-refractivity contribution in [2.75, 3.05) is 32.0 Å². The number of hydrogen-bond donors (Lipinski definition) is 1. The molecule has 7 heteroatoms. The first-order chi connectivity index (χ1) is 8.27. The average molecular weight is 278 g/mol. The lowest BCUT2D eigenvalue weighted by Crippen LogP contribution is -2.28. The third-order valence-corrected chi connectivity index (χ3v) is 4.59. The molecule has 0 aliphatic carbocycles. The van der Waals surface area contributed by atoms with Crippen molar-refractivity contribution < 1.29 is 19.3 Å². The lowest BCUT2D eigenvalue weighted by Gasteiger charge is -2.17. The van der Waals surface area contributed by atoms with E-state index in [9.17, 15) is 0 Å². The molecule has 17 heavy (non-hydrogen) atoms. The molecule has 0 saturated carbocycles. The van der Waals surface area contributed by atoms with Gasteiger partial charge < -0.3 is 19.3 Å². The van der Waals surface area contributed by atoms with E-state index in [4.69, 9.17) is 27.2 Å². The Morgan fingerprint density at radius 1 is 1.47 bits per heavy atom. The number of methoxy groups -OCH3 is 1. The van der Waals surface area contributed by atoms with Crippen molar-refractivity contribution in [2.24, 2.45) is 0 Å². The summed E-state index contributed by atoms with van der Waals surface area (Å²) in [6.07, 6.45) is 1.53. The van der Waals surface area contributed by atoms with Crippen LogP contribution in [0.15, 0.2) is 0 Å². The van der Waals surface area contributed by atoms with Crippen molar-refractivity contribution in [1.82, 2.24) is 0 Å². The highest BCUT2D eigenvalue weighted by atomic mass is 33.1. The molecule has 1 N–H and O–H groups in total. The van der Waals surface area contributed by atoms with Gasteiger partial charge in [-0.25, -0.2) is 0 Å². The van der Waals surface area contributed by atoms with Gasteiger partial charge in [-0.3, -0.25) is 0 Å². The number of aliphatic hydroxyl groups excluding tert-OH is 1. The number of rotatable bonds is 9. The van der Waals surface area contributed by atoms with E-state index in [1.54, 1.807) is 28.7 Å². The normalized spacial score (nSPS) is 28.7. The highest BCUT2D eigenvalue weighted by Crippen LogP contribution is 2.24. The molecule has 2 radical (unpaired) electrons. The second-order valence-electron chi connectivity index (χ2n) is 3.73. The van der Waals surface area contributed by atoms with Crippen molar-refractivity contribution in [3.8, 4) is 0 Å². The van der Waals surface area contributed by atoms with Crippen LogP contribution in [0.1, 0.15) is 12.8 Å². The van der Waals surface area contributed by atoms with Crippen LogP contribution >= 0.6 is 21.6 Å². The predicted molar refractivity (Wildman–Crippen MR) is 72.4 cm³/mol. The van der Waals surface area contributed by atoms with Crippen LogP contribution in [0.2, 0.25) is 0 Å². The van der Waals surface area contributed by atoms with Gasteiger partial charge in [0, 0.05) is 25.5 Å². The summed E-state index contributed by atoms with van der Waals surface area (Å²) in [5.74, 6) is 1.55. The molecule has 0 bridgehead atoms. The van der Waals surface area contributed by atoms with Gasteiger partial charge in [-0.05, 0) is 12.8 Å². The molecule has 0 unspecified atom stereocenters. The van der Waals surface area contributed by atoms with Gasteiger partial charge in [0.2, 0.25) is 0 Å². The summed E-state index contributed by atoms with van der Waals surface area (Å²) >= 11 is 0. The van der Waals surface area contributed by atoms with Crippen LogP contribution in [-0.4, -0.2) is 63.2 Å². The topological polar surface area (TPSA) is 47.9 Å². The summed E-state index contributed by atoms with van der Waals surface area (Å²) in [4.78, 5) is 0. The standard InChI is InChI=1S/C10H19BO4S2/c1-13-8-5-10(11)15-9(8)6-14-7-17-16-4-2-3-12/h8-10,12H,2-7H2,1H3/t8-,9-,10-/m1/s1. The lowest BCUT2D eigenvalue weighted by atomic mass is 9.96. The van der Waals surface area contributed by atoms with E-state index in [0.717, 1.165) is 18.6 Å². The summed E-state index contributed by atoms with van der Waals surface area (Å²) < 4.78 is 16.3. The summed E-state index contributed by atoms with van der Waals surface area (Å²) in [5.41, 5.74) is 0. The van der Waals surface area contributed by atoms with E-state index in [1.165, 1.54) is 0 Å². The zero-order valence-corrected chi connectivity index (χ0v) is 11.7. The van der Waals surface area contributed by atoms with Crippen LogP contribution < -0.4 is 0 Å². The maximum atomic E-state index is 8.60. The van der Waals surface area contributed by atoms with E-state index in [0.29, 0.717) is 12.5 Å². The first-order valence-corrected chi connectivity index (χ1v) is 8.13. The second kappa shape index (κ2) is 9.52. The monoisotopic (exact) mass is 278 g/mol. The Kier molecular flexibility index (Phi) is 8.77. The van der Waals surface area contributed by atoms with Crippen LogP contribution in [0.5, 0.6) is 0 Å². The van der Waals surface area contributed by atoms with Gasteiger partial charge in [-0.2, -0.15) is 0 Å². The zero-order chi connectivity index (χ0) is 12.5. The van der Waals surface area contributed by atoms with E-state index in [2.05, 4.69) is 0 Å². The van der Waals surface area contributed by atoms with Crippen LogP contribution in [0.3, 0.4) is 0 Å². The van der Waals surface area contributed by atoms with Gasteiger partial charge >= 0.3 is 0 Å². The first-order valence-electron chi connectivity index (χ1n) is 5.64. The Balaban J connectivity index is 1.98. The van der Waals surface area contributed by atoms with Gasteiger partial charge in [-0.1, -0.05) is 21.6 Å². The molecule has 98 valence electrons. The van der Waals surface area contributed by atoms with Crippen molar-refractivity contribution in [3.05, 3.63) is 0 Å². The van der Waals surface area contributed by atoms with Gasteiger partial charge in [0.15, 0.2) is 0 Å². The molecule has 1 saturated heterocycles. The first kappa shape index (κ1) is 15.7. The molecular weight excluding hydrogens is 259 g/mol. The number of aliphatic hydroxyl groups is 1. The fourth-order valence-corrected chi connectivity index (χ4v) is 3.27. The minimum atomic E-state index is -0.236. The molecule has 1 aliphatic heterocycles. The predicted octanol–water partition coefficient (Wildman–Crippen LogP) is 1.02. The molecule has 3 atom stereocenters. The van der Waals surface area contributed by atoms with Gasteiger partial charge in [0.05, 0.1) is 12.7 Å². The van der Waals surface area contributed by atoms with Crippen LogP contribution in [0, 0.1) is 0 Å². The van der Waals surface area contributed by atoms with Crippen molar-refractivity contribution in [1.29, 1.82) is 0 Å². The maximum Gasteiger partial charge on any atom is 0.109 e. The number of ether oxygens (including phenoxy) is 3. The summed E-state index contributed by atoms with van der Waals surface area (Å²) in [6, 6.07) is -0.236. The summed E-state index contributed by atoms with van der Waals surface area (Å²) in [5, 5.41) is 8.60. The molecule has 1 heterocycles. The molecule has 0 amide bonds. The minimum Gasteiger partial charge on any atom is -0.396 e. The fraction of sp³-hybridized carbons (Fsp3) is 1.00. The molecule has 0 aromatic rings. The van der Waals surface area contributed by atoms with Crippen molar-refractivity contribution >= 4 is 29.4 Å². The van der Waals surface area contributed by atoms with Crippen LogP contribution in [0.25, 0.3) is 0 Å². The Labute approximate surface area is 112 Å². The molecule has 1 rings (SSSR count). The third kappa shape index (κ3) is 6.36. The van der Waals surface area contributed by atoms with E-state index in [1.807, 2.05) is 0 Å². The number of hydrogen-bond acceptors (Lipinski definition) is 6. The maximum absolute atomic E-state index is 8.60. The van der Waals surface area contributed by atoms with Gasteiger partial charge in [-0.15, -0.1) is 0 Å². The van der Waals surface area contributed by atoms with E-state index < -0.39 is 0 Å². The smallest absolute Gasteiger partial charge is 0.109 e. The van der Waals surface area contributed by atoms with Crippen LogP contribution in [0.4, 0.5) is 0 Å². The molecule has 4 nitrogen and oxygen atoms in total. The third-order valence-electron chi connectivity index (χ3n) is 2.41.